The van der Waals surface area contributed by atoms with Crippen LogP contribution in [0.1, 0.15) is 23.5 Å². The monoisotopic (exact) mass is 279 g/mol. The van der Waals surface area contributed by atoms with Crippen molar-refractivity contribution >= 4 is 11.5 Å². The Bertz CT molecular complexity index is 617. The molecule has 2 aromatic rings. The van der Waals surface area contributed by atoms with Crippen LogP contribution < -0.4 is 10.1 Å². The number of ether oxygens (including phenoxy) is 1. The van der Waals surface area contributed by atoms with Crippen molar-refractivity contribution in [3.05, 3.63) is 41.3 Å². The predicted molar refractivity (Wildman–Crippen MR) is 72.7 cm³/mol. The Morgan fingerprint density at radius 2 is 1.90 bits per heavy atom. The van der Waals surface area contributed by atoms with Crippen LogP contribution in [0.4, 0.5) is 20.3 Å². The van der Waals surface area contributed by atoms with Gasteiger partial charge in [0.1, 0.15) is 23.1 Å². The first-order chi connectivity index (χ1) is 9.49. The molecule has 0 spiro atoms. The third-order valence-corrected chi connectivity index (χ3v) is 2.78. The Balaban J connectivity index is 2.30. The van der Waals surface area contributed by atoms with Gasteiger partial charge in [0.25, 0.3) is 6.43 Å². The van der Waals surface area contributed by atoms with E-state index < -0.39 is 6.43 Å². The lowest BCUT2D eigenvalue weighted by Crippen LogP contribution is -2.02. The lowest BCUT2D eigenvalue weighted by Gasteiger charge is -2.11. The van der Waals surface area contributed by atoms with Gasteiger partial charge < -0.3 is 10.1 Å². The molecule has 0 aliphatic carbocycles. The molecule has 0 bridgehead atoms. The fourth-order valence-corrected chi connectivity index (χ4v) is 1.81. The van der Waals surface area contributed by atoms with Gasteiger partial charge in [-0.15, -0.1) is 0 Å². The third-order valence-electron chi connectivity index (χ3n) is 2.78. The highest BCUT2D eigenvalue weighted by atomic mass is 19.3. The molecule has 106 valence electrons. The summed E-state index contributed by atoms with van der Waals surface area (Å²) in [4.78, 5) is 7.81. The normalized spacial score (nSPS) is 10.7. The Hall–Kier alpha value is -2.24. The maximum atomic E-state index is 12.7. The maximum absolute atomic E-state index is 12.7. The number of aryl methyl sites for hydroxylation is 2. The van der Waals surface area contributed by atoms with Crippen molar-refractivity contribution in [1.29, 1.82) is 0 Å². The molecule has 0 saturated heterocycles. The first kappa shape index (κ1) is 14.2. The summed E-state index contributed by atoms with van der Waals surface area (Å²) in [5, 5.41) is 3.02. The van der Waals surface area contributed by atoms with Crippen molar-refractivity contribution in [3.8, 4) is 5.75 Å². The summed E-state index contributed by atoms with van der Waals surface area (Å²) in [7, 11) is 1.59. The van der Waals surface area contributed by atoms with E-state index in [4.69, 9.17) is 4.74 Å². The summed E-state index contributed by atoms with van der Waals surface area (Å²) in [5.41, 5.74) is 1.43. The zero-order valence-corrected chi connectivity index (χ0v) is 11.4. The van der Waals surface area contributed by atoms with Gasteiger partial charge in [-0.25, -0.2) is 18.7 Å². The summed E-state index contributed by atoms with van der Waals surface area (Å²) >= 11 is 0. The quantitative estimate of drug-likeness (QED) is 0.925. The van der Waals surface area contributed by atoms with Crippen molar-refractivity contribution in [3.63, 3.8) is 0 Å². The third kappa shape index (κ3) is 3.20. The molecule has 6 heteroatoms. The van der Waals surface area contributed by atoms with Crippen LogP contribution in [0.2, 0.25) is 0 Å². The SMILES string of the molecule is COc1ccc(Nc2cc(C(F)F)nc(C)n2)c(C)c1. The number of hydrogen-bond donors (Lipinski definition) is 1. The van der Waals surface area contributed by atoms with E-state index >= 15 is 0 Å². The number of anilines is 2. The van der Waals surface area contributed by atoms with Crippen LogP contribution in [0.5, 0.6) is 5.75 Å². The van der Waals surface area contributed by atoms with E-state index in [1.165, 1.54) is 6.07 Å². The summed E-state index contributed by atoms with van der Waals surface area (Å²) in [6.07, 6.45) is -2.62. The maximum Gasteiger partial charge on any atom is 0.280 e. The molecule has 1 N–H and O–H groups in total. The van der Waals surface area contributed by atoms with Crippen LogP contribution in [0.3, 0.4) is 0 Å². The van der Waals surface area contributed by atoms with E-state index in [1.807, 2.05) is 19.1 Å². The minimum atomic E-state index is -2.62. The highest BCUT2D eigenvalue weighted by Crippen LogP contribution is 2.25. The van der Waals surface area contributed by atoms with Crippen LogP contribution >= 0.6 is 0 Å². The smallest absolute Gasteiger partial charge is 0.280 e. The number of alkyl halides is 2. The van der Waals surface area contributed by atoms with E-state index in [0.717, 1.165) is 17.0 Å². The van der Waals surface area contributed by atoms with Crippen molar-refractivity contribution in [2.24, 2.45) is 0 Å². The summed E-state index contributed by atoms with van der Waals surface area (Å²) < 4.78 is 30.5. The molecule has 1 aromatic carbocycles. The van der Waals surface area contributed by atoms with E-state index in [0.29, 0.717) is 11.6 Å². The zero-order valence-electron chi connectivity index (χ0n) is 11.4. The van der Waals surface area contributed by atoms with Gasteiger partial charge in [-0.05, 0) is 37.6 Å². The first-order valence-electron chi connectivity index (χ1n) is 6.05. The Morgan fingerprint density at radius 1 is 1.15 bits per heavy atom. The van der Waals surface area contributed by atoms with Crippen LogP contribution in [0.15, 0.2) is 24.3 Å². The molecule has 1 aromatic heterocycles. The molecule has 0 unspecified atom stereocenters. The minimum absolute atomic E-state index is 0.286. The fourth-order valence-electron chi connectivity index (χ4n) is 1.81. The van der Waals surface area contributed by atoms with Gasteiger partial charge in [0.2, 0.25) is 0 Å². The summed E-state index contributed by atoms with van der Waals surface area (Å²) in [5.74, 6) is 1.39. The Morgan fingerprint density at radius 3 is 2.50 bits per heavy atom. The number of rotatable bonds is 4. The lowest BCUT2D eigenvalue weighted by molar-refractivity contribution is 0.145. The van der Waals surface area contributed by atoms with Crippen molar-refractivity contribution < 1.29 is 13.5 Å². The average molecular weight is 279 g/mol. The molecule has 0 atom stereocenters. The molecular formula is C14H15F2N3O. The van der Waals surface area contributed by atoms with Gasteiger partial charge in [0, 0.05) is 11.8 Å². The van der Waals surface area contributed by atoms with E-state index in [2.05, 4.69) is 15.3 Å². The lowest BCUT2D eigenvalue weighted by atomic mass is 10.2. The van der Waals surface area contributed by atoms with Gasteiger partial charge in [-0.3, -0.25) is 0 Å². The van der Waals surface area contributed by atoms with Crippen molar-refractivity contribution in [1.82, 2.24) is 9.97 Å². The minimum Gasteiger partial charge on any atom is -0.497 e. The predicted octanol–water partition coefficient (Wildman–Crippen LogP) is 3.78. The van der Waals surface area contributed by atoms with Gasteiger partial charge in [-0.1, -0.05) is 0 Å². The number of nitrogens with one attached hydrogen (secondary N) is 1. The van der Waals surface area contributed by atoms with Crippen LogP contribution in [-0.4, -0.2) is 17.1 Å². The van der Waals surface area contributed by atoms with Gasteiger partial charge in [0.15, 0.2) is 0 Å². The molecule has 4 nitrogen and oxygen atoms in total. The number of aromatic nitrogens is 2. The molecule has 0 aliphatic heterocycles. The average Bonchev–Trinajstić information content (AvgIpc) is 2.40. The number of hydrogen-bond acceptors (Lipinski definition) is 4. The molecule has 0 radical (unpaired) electrons. The van der Waals surface area contributed by atoms with Crippen LogP contribution in [-0.2, 0) is 0 Å². The largest absolute Gasteiger partial charge is 0.497 e. The molecule has 20 heavy (non-hydrogen) atoms. The molecule has 2 rings (SSSR count). The molecule has 0 aliphatic rings. The molecule has 0 amide bonds. The molecule has 0 saturated carbocycles. The summed E-state index contributed by atoms with van der Waals surface area (Å²) in [6, 6.07) is 6.71. The summed E-state index contributed by atoms with van der Waals surface area (Å²) in [6.45, 7) is 3.48. The molecule has 1 heterocycles. The standard InChI is InChI=1S/C14H15F2N3O/c1-8-6-10(20-3)4-5-11(8)19-13-7-12(14(15)16)17-9(2)18-13/h4-7,14H,1-3H3,(H,17,18,19). The second-order valence-corrected chi connectivity index (χ2v) is 4.33. The number of nitrogens with zero attached hydrogens (tertiary/aromatic N) is 2. The highest BCUT2D eigenvalue weighted by molar-refractivity contribution is 5.61. The number of benzene rings is 1. The second-order valence-electron chi connectivity index (χ2n) is 4.33. The van der Waals surface area contributed by atoms with Gasteiger partial charge in [-0.2, -0.15) is 0 Å². The van der Waals surface area contributed by atoms with Gasteiger partial charge >= 0.3 is 0 Å². The zero-order chi connectivity index (χ0) is 14.7. The van der Waals surface area contributed by atoms with E-state index in [9.17, 15) is 8.78 Å². The van der Waals surface area contributed by atoms with Gasteiger partial charge in [0.05, 0.1) is 7.11 Å². The van der Waals surface area contributed by atoms with Crippen molar-refractivity contribution in [2.45, 2.75) is 20.3 Å². The highest BCUT2D eigenvalue weighted by Gasteiger charge is 2.12. The van der Waals surface area contributed by atoms with Crippen molar-refractivity contribution in [2.75, 3.05) is 12.4 Å². The Labute approximate surface area is 115 Å². The molecular weight excluding hydrogens is 264 g/mol. The molecule has 0 fully saturated rings. The van der Waals surface area contributed by atoms with E-state index in [1.54, 1.807) is 20.1 Å². The Kier molecular flexibility index (Phi) is 4.12. The number of methoxy groups -OCH3 is 1. The fraction of sp³-hybridized carbons (Fsp3) is 0.286. The van der Waals surface area contributed by atoms with E-state index in [-0.39, 0.29) is 5.69 Å². The van der Waals surface area contributed by atoms with Crippen LogP contribution in [0, 0.1) is 13.8 Å². The topological polar surface area (TPSA) is 47.0 Å². The van der Waals surface area contributed by atoms with Crippen LogP contribution in [0.25, 0.3) is 0 Å². The first-order valence-corrected chi connectivity index (χ1v) is 6.05. The second kappa shape index (κ2) is 5.81. The number of halogens is 2.